The maximum Gasteiger partial charge on any atom is 0.338 e. The van der Waals surface area contributed by atoms with Crippen LogP contribution in [-0.4, -0.2) is 18.7 Å². The van der Waals surface area contributed by atoms with E-state index in [2.05, 4.69) is 0 Å². The average Bonchev–Trinajstić information content (AvgIpc) is 2.41. The fourth-order valence-electron chi connectivity index (χ4n) is 1.90. The molecule has 3 heteroatoms. The monoisotopic (exact) mass is 290 g/mol. The lowest BCUT2D eigenvalue weighted by atomic mass is 10.0. The molecule has 0 spiro atoms. The van der Waals surface area contributed by atoms with Gasteiger partial charge in [0.05, 0.1) is 18.9 Å². The van der Waals surface area contributed by atoms with Crippen molar-refractivity contribution in [1.82, 2.24) is 0 Å². The van der Waals surface area contributed by atoms with Crippen molar-refractivity contribution < 1.29 is 14.3 Å². The van der Waals surface area contributed by atoms with Crippen molar-refractivity contribution in [2.24, 2.45) is 0 Å². The lowest BCUT2D eigenvalue weighted by Crippen LogP contribution is -2.23. The molecule has 0 fully saturated rings. The summed E-state index contributed by atoms with van der Waals surface area (Å²) >= 11 is 0. The summed E-state index contributed by atoms with van der Waals surface area (Å²) in [4.78, 5) is 11.9. The van der Waals surface area contributed by atoms with Crippen LogP contribution in [0.3, 0.4) is 0 Å². The minimum Gasteiger partial charge on any atom is -0.505 e. The molecule has 0 saturated carbocycles. The molecule has 0 aliphatic heterocycles. The zero-order chi connectivity index (χ0) is 15.7. The van der Waals surface area contributed by atoms with E-state index >= 15 is 0 Å². The Kier molecular flexibility index (Phi) is 7.00. The number of unbranched alkanes of at least 4 members (excludes halogenated alkanes) is 2. The van der Waals surface area contributed by atoms with E-state index in [1.54, 1.807) is 13.4 Å². The second kappa shape index (κ2) is 8.50. The quantitative estimate of drug-likeness (QED) is 0.421. The number of carbonyl (C=O) groups is 1. The molecule has 0 aromatic heterocycles. The molecule has 0 aliphatic carbocycles. The summed E-state index contributed by atoms with van der Waals surface area (Å²) in [7, 11) is 1.66. The van der Waals surface area contributed by atoms with Gasteiger partial charge in [0.2, 0.25) is 0 Å². The van der Waals surface area contributed by atoms with E-state index in [0.717, 1.165) is 25.7 Å². The molecule has 0 atom stereocenters. The molecular weight excluding hydrogens is 264 g/mol. The number of hydrogen-bond donors (Lipinski definition) is 0. The van der Waals surface area contributed by atoms with E-state index in [0.29, 0.717) is 5.56 Å². The second-order valence-electron chi connectivity index (χ2n) is 6.05. The van der Waals surface area contributed by atoms with Gasteiger partial charge in [0.15, 0.2) is 0 Å². The number of methoxy groups -OCH3 is 1. The normalized spacial score (nSPS) is 11.6. The first-order chi connectivity index (χ1) is 9.92. The van der Waals surface area contributed by atoms with Gasteiger partial charge in [-0.1, -0.05) is 12.1 Å². The molecule has 0 aliphatic rings. The van der Waals surface area contributed by atoms with E-state index in [1.165, 1.54) is 5.56 Å². The van der Waals surface area contributed by atoms with Crippen molar-refractivity contribution in [1.29, 1.82) is 0 Å². The summed E-state index contributed by atoms with van der Waals surface area (Å²) in [6.45, 7) is 5.62. The number of esters is 1. The van der Waals surface area contributed by atoms with E-state index in [9.17, 15) is 4.79 Å². The zero-order valence-electron chi connectivity index (χ0n) is 13.5. The molecule has 0 amide bonds. The molecular formula is C18H26O3. The predicted octanol–water partition coefficient (Wildman–Crippen LogP) is 4.51. The van der Waals surface area contributed by atoms with Crippen LogP contribution in [0.5, 0.6) is 0 Å². The van der Waals surface area contributed by atoms with Crippen molar-refractivity contribution in [3.05, 3.63) is 47.7 Å². The van der Waals surface area contributed by atoms with Gasteiger partial charge in [0, 0.05) is 0 Å². The molecule has 0 radical (unpaired) electrons. The summed E-state index contributed by atoms with van der Waals surface area (Å²) in [5.74, 6) is -0.265. The summed E-state index contributed by atoms with van der Waals surface area (Å²) < 4.78 is 10.2. The van der Waals surface area contributed by atoms with Crippen LogP contribution >= 0.6 is 0 Å². The molecule has 0 heterocycles. The molecule has 0 N–H and O–H groups in total. The van der Waals surface area contributed by atoms with Gasteiger partial charge >= 0.3 is 5.97 Å². The Balaban J connectivity index is 2.40. The Morgan fingerprint density at radius 3 is 2.38 bits per heavy atom. The van der Waals surface area contributed by atoms with E-state index in [4.69, 9.17) is 9.47 Å². The number of benzene rings is 1. The van der Waals surface area contributed by atoms with E-state index in [-0.39, 0.29) is 5.97 Å². The van der Waals surface area contributed by atoms with Crippen molar-refractivity contribution in [2.75, 3.05) is 7.11 Å². The van der Waals surface area contributed by atoms with Gasteiger partial charge in [-0.3, -0.25) is 0 Å². The molecule has 116 valence electrons. The third-order valence-corrected chi connectivity index (χ3v) is 2.91. The number of allylic oxidation sites excluding steroid dienone is 1. The Hall–Kier alpha value is -1.77. The highest BCUT2D eigenvalue weighted by atomic mass is 16.6. The van der Waals surface area contributed by atoms with Crippen LogP contribution in [0, 0.1) is 0 Å². The standard InChI is InChI=1S/C18H26O3/c1-18(2,3)21-17(19)16-12-10-15(11-13-16)9-7-5-6-8-14-20-4/h8,10-14H,5-7,9H2,1-4H3/b14-8-. The predicted molar refractivity (Wildman–Crippen MR) is 85.3 cm³/mol. The number of hydrogen-bond acceptors (Lipinski definition) is 3. The molecule has 3 nitrogen and oxygen atoms in total. The molecule has 0 saturated heterocycles. The molecule has 1 aromatic rings. The van der Waals surface area contributed by atoms with E-state index in [1.807, 2.05) is 51.1 Å². The Labute approximate surface area is 128 Å². The average molecular weight is 290 g/mol. The maximum atomic E-state index is 11.9. The van der Waals surface area contributed by atoms with Crippen molar-refractivity contribution >= 4 is 5.97 Å². The van der Waals surface area contributed by atoms with Gasteiger partial charge in [0.25, 0.3) is 0 Å². The smallest absolute Gasteiger partial charge is 0.338 e. The number of carbonyl (C=O) groups excluding carboxylic acids is 1. The number of aryl methyl sites for hydroxylation is 1. The van der Waals surface area contributed by atoms with Gasteiger partial charge < -0.3 is 9.47 Å². The summed E-state index contributed by atoms with van der Waals surface area (Å²) in [6, 6.07) is 7.69. The van der Waals surface area contributed by atoms with Crippen LogP contribution in [0.1, 0.15) is 56.0 Å². The first kappa shape index (κ1) is 17.3. The lowest BCUT2D eigenvalue weighted by Gasteiger charge is -2.19. The Bertz CT molecular complexity index is 452. The van der Waals surface area contributed by atoms with Crippen molar-refractivity contribution in [3.63, 3.8) is 0 Å². The van der Waals surface area contributed by atoms with Crippen LogP contribution in [0.4, 0.5) is 0 Å². The highest BCUT2D eigenvalue weighted by molar-refractivity contribution is 5.89. The maximum absolute atomic E-state index is 11.9. The SMILES string of the molecule is CO/C=C\CCCCc1ccc(C(=O)OC(C)(C)C)cc1. The largest absolute Gasteiger partial charge is 0.505 e. The molecule has 1 aromatic carbocycles. The van der Waals surface area contributed by atoms with Gasteiger partial charge in [-0.15, -0.1) is 0 Å². The molecule has 0 bridgehead atoms. The lowest BCUT2D eigenvalue weighted by molar-refractivity contribution is 0.00695. The third kappa shape index (κ3) is 7.54. The van der Waals surface area contributed by atoms with Crippen LogP contribution in [0.25, 0.3) is 0 Å². The van der Waals surface area contributed by atoms with Gasteiger partial charge in [0.1, 0.15) is 5.60 Å². The molecule has 0 unspecified atom stereocenters. The van der Waals surface area contributed by atoms with Crippen molar-refractivity contribution in [2.45, 2.75) is 52.1 Å². The summed E-state index contributed by atoms with van der Waals surface area (Å²) in [5.41, 5.74) is 1.40. The first-order valence-electron chi connectivity index (χ1n) is 7.42. The molecule has 1 rings (SSSR count). The highest BCUT2D eigenvalue weighted by Crippen LogP contribution is 2.14. The summed E-state index contributed by atoms with van der Waals surface area (Å²) in [6.07, 6.45) is 8.06. The van der Waals surface area contributed by atoms with E-state index < -0.39 is 5.60 Å². The van der Waals surface area contributed by atoms with Crippen LogP contribution in [0.15, 0.2) is 36.6 Å². The van der Waals surface area contributed by atoms with Gasteiger partial charge in [-0.2, -0.15) is 0 Å². The fraction of sp³-hybridized carbons (Fsp3) is 0.500. The number of rotatable bonds is 7. The topological polar surface area (TPSA) is 35.5 Å². The molecule has 21 heavy (non-hydrogen) atoms. The summed E-state index contributed by atoms with van der Waals surface area (Å²) in [5, 5.41) is 0. The first-order valence-corrected chi connectivity index (χ1v) is 7.42. The van der Waals surface area contributed by atoms with Crippen LogP contribution in [-0.2, 0) is 15.9 Å². The van der Waals surface area contributed by atoms with Crippen LogP contribution < -0.4 is 0 Å². The fourth-order valence-corrected chi connectivity index (χ4v) is 1.90. The Morgan fingerprint density at radius 1 is 1.14 bits per heavy atom. The third-order valence-electron chi connectivity index (χ3n) is 2.91. The minimum absolute atomic E-state index is 0.265. The van der Waals surface area contributed by atoms with Crippen molar-refractivity contribution in [3.8, 4) is 0 Å². The number of ether oxygens (including phenoxy) is 2. The Morgan fingerprint density at radius 2 is 1.81 bits per heavy atom. The van der Waals surface area contributed by atoms with Crippen LogP contribution in [0.2, 0.25) is 0 Å². The zero-order valence-corrected chi connectivity index (χ0v) is 13.5. The minimum atomic E-state index is -0.453. The highest BCUT2D eigenvalue weighted by Gasteiger charge is 2.17. The van der Waals surface area contributed by atoms with Gasteiger partial charge in [-0.25, -0.2) is 4.79 Å². The van der Waals surface area contributed by atoms with Gasteiger partial charge in [-0.05, 0) is 70.2 Å². The second-order valence-corrected chi connectivity index (χ2v) is 6.05.